The van der Waals surface area contributed by atoms with Crippen LogP contribution in [0.1, 0.15) is 23.9 Å². The largest absolute Gasteiger partial charge is 0.325 e. The van der Waals surface area contributed by atoms with Crippen molar-refractivity contribution in [2.75, 3.05) is 18.4 Å². The van der Waals surface area contributed by atoms with E-state index >= 15 is 0 Å². The molecule has 7 heteroatoms. The molecule has 2 heterocycles. The second kappa shape index (κ2) is 7.31. The fourth-order valence-electron chi connectivity index (χ4n) is 3.29. The fourth-order valence-corrected chi connectivity index (χ4v) is 4.60. The third kappa shape index (κ3) is 3.58. The van der Waals surface area contributed by atoms with Crippen molar-refractivity contribution in [3.8, 4) is 0 Å². The zero-order chi connectivity index (χ0) is 18.1. The minimum Gasteiger partial charge on any atom is -0.325 e. The first-order valence-electron chi connectivity index (χ1n) is 8.44. The first-order chi connectivity index (χ1) is 12.6. The predicted molar refractivity (Wildman–Crippen MR) is 103 cm³/mol. The highest BCUT2D eigenvalue weighted by molar-refractivity contribution is 7.18. The molecule has 1 aromatic heterocycles. The second-order valence-electron chi connectivity index (χ2n) is 6.33. The molecule has 1 atom stereocenters. The predicted octanol–water partition coefficient (Wildman–Crippen LogP) is 4.86. The highest BCUT2D eigenvalue weighted by Gasteiger charge is 2.30. The Balaban J connectivity index is 1.46. The van der Waals surface area contributed by atoms with Crippen molar-refractivity contribution < 1.29 is 9.18 Å². The smallest absolute Gasteiger partial charge is 0.238 e. The maximum absolute atomic E-state index is 13.2. The average molecular weight is 390 g/mol. The van der Waals surface area contributed by atoms with Crippen molar-refractivity contribution in [1.29, 1.82) is 0 Å². The van der Waals surface area contributed by atoms with Gasteiger partial charge in [-0.2, -0.15) is 0 Å². The van der Waals surface area contributed by atoms with Gasteiger partial charge in [0.15, 0.2) is 0 Å². The molecule has 1 fully saturated rings. The summed E-state index contributed by atoms with van der Waals surface area (Å²) in [6.07, 6.45) is 2.03. The number of para-hydroxylation sites is 1. The van der Waals surface area contributed by atoms with Crippen LogP contribution in [-0.4, -0.2) is 28.9 Å². The molecule has 1 unspecified atom stereocenters. The van der Waals surface area contributed by atoms with Gasteiger partial charge in [-0.05, 0) is 49.7 Å². The summed E-state index contributed by atoms with van der Waals surface area (Å²) in [4.78, 5) is 19.3. The van der Waals surface area contributed by atoms with E-state index in [0.717, 1.165) is 29.9 Å². The van der Waals surface area contributed by atoms with E-state index in [1.807, 2.05) is 18.2 Å². The Bertz CT molecular complexity index is 928. The fraction of sp³-hybridized carbons (Fsp3) is 0.263. The van der Waals surface area contributed by atoms with Crippen LogP contribution in [-0.2, 0) is 4.79 Å². The number of rotatable bonds is 4. The van der Waals surface area contributed by atoms with Crippen LogP contribution in [0, 0.1) is 5.82 Å². The first kappa shape index (κ1) is 17.4. The molecule has 2 aromatic carbocycles. The van der Waals surface area contributed by atoms with Crippen LogP contribution < -0.4 is 5.32 Å². The summed E-state index contributed by atoms with van der Waals surface area (Å²) in [6.45, 7) is 1.13. The van der Waals surface area contributed by atoms with Gasteiger partial charge < -0.3 is 5.32 Å². The van der Waals surface area contributed by atoms with Crippen molar-refractivity contribution in [2.45, 2.75) is 18.9 Å². The summed E-state index contributed by atoms with van der Waals surface area (Å²) in [5.74, 6) is -0.638. The van der Waals surface area contributed by atoms with Gasteiger partial charge >= 0.3 is 0 Å². The van der Waals surface area contributed by atoms with Gasteiger partial charge in [0.25, 0.3) is 0 Å². The number of nitrogens with zero attached hydrogens (tertiary/aromatic N) is 2. The van der Waals surface area contributed by atoms with E-state index in [9.17, 15) is 9.18 Å². The molecule has 134 valence electrons. The maximum atomic E-state index is 13.2. The number of aromatic nitrogens is 1. The molecule has 0 aliphatic carbocycles. The summed E-state index contributed by atoms with van der Waals surface area (Å²) >= 11 is 7.46. The standard InChI is InChI=1S/C19H17ClFN3OS/c20-13-10-12(7-8-14(13)21)22-18(25)11-24-9-3-5-16(24)19-23-15-4-1-2-6-17(15)26-19/h1-2,4,6-8,10,16H,3,5,9,11H2,(H,22,25). The zero-order valence-corrected chi connectivity index (χ0v) is 15.5. The molecule has 0 bridgehead atoms. The lowest BCUT2D eigenvalue weighted by Crippen LogP contribution is -2.32. The monoisotopic (exact) mass is 389 g/mol. The molecule has 1 aliphatic heterocycles. The van der Waals surface area contributed by atoms with Gasteiger partial charge in [0, 0.05) is 5.69 Å². The van der Waals surface area contributed by atoms with Gasteiger partial charge in [-0.25, -0.2) is 9.37 Å². The zero-order valence-electron chi connectivity index (χ0n) is 13.9. The number of likely N-dealkylation sites (tertiary alicyclic amines) is 1. The summed E-state index contributed by atoms with van der Waals surface area (Å²) in [5.41, 5.74) is 1.50. The van der Waals surface area contributed by atoms with Gasteiger partial charge in [0.2, 0.25) is 5.91 Å². The molecule has 26 heavy (non-hydrogen) atoms. The molecule has 3 aromatic rings. The molecule has 0 radical (unpaired) electrons. The van der Waals surface area contributed by atoms with E-state index in [1.54, 1.807) is 11.3 Å². The van der Waals surface area contributed by atoms with E-state index < -0.39 is 5.82 Å². The Kier molecular flexibility index (Phi) is 4.89. The minimum atomic E-state index is -0.500. The van der Waals surface area contributed by atoms with Gasteiger partial charge in [-0.3, -0.25) is 9.69 Å². The summed E-state index contributed by atoms with van der Waals surface area (Å²) < 4.78 is 14.4. The van der Waals surface area contributed by atoms with Crippen molar-refractivity contribution in [3.63, 3.8) is 0 Å². The van der Waals surface area contributed by atoms with E-state index in [-0.39, 0.29) is 23.5 Å². The van der Waals surface area contributed by atoms with E-state index in [1.165, 1.54) is 22.9 Å². The lowest BCUT2D eigenvalue weighted by molar-refractivity contribution is -0.117. The normalized spacial score (nSPS) is 17.7. The summed E-state index contributed by atoms with van der Waals surface area (Å²) in [5, 5.41) is 3.84. The molecule has 0 saturated carbocycles. The van der Waals surface area contributed by atoms with Crippen molar-refractivity contribution >= 4 is 44.7 Å². The van der Waals surface area contributed by atoms with Gasteiger partial charge in [0.1, 0.15) is 10.8 Å². The summed E-state index contributed by atoms with van der Waals surface area (Å²) in [7, 11) is 0. The summed E-state index contributed by atoms with van der Waals surface area (Å²) in [6, 6.07) is 12.4. The number of amides is 1. The highest BCUT2D eigenvalue weighted by Crippen LogP contribution is 2.36. The Morgan fingerprint density at radius 1 is 1.35 bits per heavy atom. The van der Waals surface area contributed by atoms with Crippen molar-refractivity contribution in [2.24, 2.45) is 0 Å². The number of carbonyl (C=O) groups excluding carboxylic acids is 1. The van der Waals surface area contributed by atoms with E-state index in [0.29, 0.717) is 5.69 Å². The number of hydrogen-bond donors (Lipinski definition) is 1. The maximum Gasteiger partial charge on any atom is 0.238 e. The van der Waals surface area contributed by atoms with Crippen molar-refractivity contribution in [3.05, 3.63) is 58.3 Å². The third-order valence-corrected chi connectivity index (χ3v) is 5.94. The van der Waals surface area contributed by atoms with Crippen molar-refractivity contribution in [1.82, 2.24) is 9.88 Å². The lowest BCUT2D eigenvalue weighted by Gasteiger charge is -2.22. The van der Waals surface area contributed by atoms with Gasteiger partial charge in [-0.15, -0.1) is 11.3 Å². The van der Waals surface area contributed by atoms with Crippen LogP contribution in [0.4, 0.5) is 10.1 Å². The molecule has 0 spiro atoms. The van der Waals surface area contributed by atoms with Crippen LogP contribution in [0.15, 0.2) is 42.5 Å². The third-order valence-electron chi connectivity index (χ3n) is 4.51. The number of halogens is 2. The Labute approximate surface area is 159 Å². The van der Waals surface area contributed by atoms with E-state index in [2.05, 4.69) is 16.3 Å². The topological polar surface area (TPSA) is 45.2 Å². The first-order valence-corrected chi connectivity index (χ1v) is 9.64. The van der Waals surface area contributed by atoms with Gasteiger partial charge in [0.05, 0.1) is 27.8 Å². The molecule has 4 nitrogen and oxygen atoms in total. The molecule has 1 amide bonds. The van der Waals surface area contributed by atoms with E-state index in [4.69, 9.17) is 16.6 Å². The Morgan fingerprint density at radius 3 is 3.00 bits per heavy atom. The van der Waals surface area contributed by atoms with Crippen LogP contribution in [0.25, 0.3) is 10.2 Å². The van der Waals surface area contributed by atoms with Gasteiger partial charge in [-0.1, -0.05) is 23.7 Å². The molecule has 1 aliphatic rings. The quantitative estimate of drug-likeness (QED) is 0.692. The van der Waals surface area contributed by atoms with Crippen LogP contribution >= 0.6 is 22.9 Å². The molecule has 1 N–H and O–H groups in total. The molecular weight excluding hydrogens is 373 g/mol. The Morgan fingerprint density at radius 2 is 2.19 bits per heavy atom. The average Bonchev–Trinajstić information content (AvgIpc) is 3.24. The number of nitrogens with one attached hydrogen (secondary N) is 1. The molecule has 4 rings (SSSR count). The number of anilines is 1. The molecular formula is C19H17ClFN3OS. The lowest BCUT2D eigenvalue weighted by atomic mass is 10.2. The van der Waals surface area contributed by atoms with Crippen LogP contribution in [0.2, 0.25) is 5.02 Å². The number of carbonyl (C=O) groups is 1. The molecule has 1 saturated heterocycles. The number of hydrogen-bond acceptors (Lipinski definition) is 4. The van der Waals surface area contributed by atoms with Crippen LogP contribution in [0.5, 0.6) is 0 Å². The minimum absolute atomic E-state index is 0.00340. The Hall–Kier alpha value is -2.02. The van der Waals surface area contributed by atoms with Crippen LogP contribution in [0.3, 0.4) is 0 Å². The second-order valence-corrected chi connectivity index (χ2v) is 7.79. The SMILES string of the molecule is O=C(CN1CCCC1c1nc2ccccc2s1)Nc1ccc(F)c(Cl)c1. The number of thiazole rings is 1. The number of fused-ring (bicyclic) bond motifs is 1. The number of benzene rings is 2. The highest BCUT2D eigenvalue weighted by atomic mass is 35.5.